The van der Waals surface area contributed by atoms with Gasteiger partial charge in [-0.15, -0.1) is 0 Å². The molecule has 0 spiro atoms. The highest BCUT2D eigenvalue weighted by atomic mass is 16.2. The molecule has 0 aromatic heterocycles. The van der Waals surface area contributed by atoms with Gasteiger partial charge in [0.05, 0.1) is 13.1 Å². The fourth-order valence-electron chi connectivity index (χ4n) is 1.13. The third-order valence-corrected chi connectivity index (χ3v) is 2.41. The van der Waals surface area contributed by atoms with Gasteiger partial charge in [0.2, 0.25) is 11.8 Å². The van der Waals surface area contributed by atoms with E-state index < -0.39 is 0 Å². The van der Waals surface area contributed by atoms with Crippen molar-refractivity contribution in [2.24, 2.45) is 5.92 Å². The van der Waals surface area contributed by atoms with Gasteiger partial charge in [-0.05, 0) is 26.7 Å². The maximum absolute atomic E-state index is 11.5. The third-order valence-electron chi connectivity index (χ3n) is 2.41. The Morgan fingerprint density at radius 1 is 0.882 bits per heavy atom. The standard InChI is InChI=1S/C12H25N3O2/c1-8(2)10(5)15-12(17)7-13-6-11(16)14-9(3)4/h8-10,13H,6-7H2,1-5H3,(H,14,16)(H,15,17). The van der Waals surface area contributed by atoms with Crippen LogP contribution in [0.4, 0.5) is 0 Å². The lowest BCUT2D eigenvalue weighted by molar-refractivity contribution is -0.122. The minimum atomic E-state index is -0.0929. The van der Waals surface area contributed by atoms with E-state index in [1.165, 1.54) is 0 Å². The molecule has 0 saturated carbocycles. The molecule has 17 heavy (non-hydrogen) atoms. The van der Waals surface area contributed by atoms with Gasteiger partial charge in [-0.3, -0.25) is 14.9 Å². The van der Waals surface area contributed by atoms with Crippen molar-refractivity contribution in [2.45, 2.75) is 46.7 Å². The van der Waals surface area contributed by atoms with Gasteiger partial charge in [-0.2, -0.15) is 0 Å². The van der Waals surface area contributed by atoms with Gasteiger partial charge in [0, 0.05) is 12.1 Å². The second-order valence-corrected chi connectivity index (χ2v) is 4.93. The molecule has 0 aliphatic carbocycles. The molecule has 2 amide bonds. The predicted octanol–water partition coefficient (Wildman–Crippen LogP) is 0.261. The molecule has 100 valence electrons. The minimum Gasteiger partial charge on any atom is -0.353 e. The van der Waals surface area contributed by atoms with Crippen molar-refractivity contribution in [1.29, 1.82) is 0 Å². The highest BCUT2D eigenvalue weighted by Gasteiger charge is 2.10. The van der Waals surface area contributed by atoms with Gasteiger partial charge < -0.3 is 10.6 Å². The minimum absolute atomic E-state index is 0.0800. The second kappa shape index (κ2) is 8.06. The highest BCUT2D eigenvalue weighted by Crippen LogP contribution is 1.98. The van der Waals surface area contributed by atoms with E-state index in [0.717, 1.165) is 0 Å². The van der Waals surface area contributed by atoms with Crippen molar-refractivity contribution >= 4 is 11.8 Å². The van der Waals surface area contributed by atoms with Crippen molar-refractivity contribution < 1.29 is 9.59 Å². The lowest BCUT2D eigenvalue weighted by Gasteiger charge is -2.17. The van der Waals surface area contributed by atoms with E-state index in [1.807, 2.05) is 20.8 Å². The number of carbonyl (C=O) groups excluding carboxylic acids is 2. The van der Waals surface area contributed by atoms with Crippen LogP contribution in [0, 0.1) is 5.92 Å². The summed E-state index contributed by atoms with van der Waals surface area (Å²) in [6.07, 6.45) is 0. The number of hydrogen-bond donors (Lipinski definition) is 3. The van der Waals surface area contributed by atoms with Crippen molar-refractivity contribution in [2.75, 3.05) is 13.1 Å². The van der Waals surface area contributed by atoms with Crippen LogP contribution >= 0.6 is 0 Å². The fraction of sp³-hybridized carbons (Fsp3) is 0.833. The van der Waals surface area contributed by atoms with E-state index in [-0.39, 0.29) is 37.0 Å². The highest BCUT2D eigenvalue weighted by molar-refractivity contribution is 5.81. The number of hydrogen-bond acceptors (Lipinski definition) is 3. The van der Waals surface area contributed by atoms with Gasteiger partial charge >= 0.3 is 0 Å². The summed E-state index contributed by atoms with van der Waals surface area (Å²) in [5.74, 6) is 0.233. The van der Waals surface area contributed by atoms with Crippen LogP contribution < -0.4 is 16.0 Å². The molecule has 0 bridgehead atoms. The smallest absolute Gasteiger partial charge is 0.234 e. The lowest BCUT2D eigenvalue weighted by atomic mass is 10.1. The van der Waals surface area contributed by atoms with Gasteiger partial charge in [0.1, 0.15) is 0 Å². The Morgan fingerprint density at radius 2 is 1.35 bits per heavy atom. The van der Waals surface area contributed by atoms with Crippen LogP contribution in [0.3, 0.4) is 0 Å². The first-order valence-electron chi connectivity index (χ1n) is 6.12. The quantitative estimate of drug-likeness (QED) is 0.601. The lowest BCUT2D eigenvalue weighted by Crippen LogP contribution is -2.44. The summed E-state index contributed by atoms with van der Waals surface area (Å²) < 4.78 is 0. The summed E-state index contributed by atoms with van der Waals surface area (Å²) in [5.41, 5.74) is 0. The van der Waals surface area contributed by atoms with E-state index in [1.54, 1.807) is 0 Å². The van der Waals surface area contributed by atoms with Gasteiger partial charge in [0.25, 0.3) is 0 Å². The number of amides is 2. The Hall–Kier alpha value is -1.10. The van der Waals surface area contributed by atoms with E-state index in [0.29, 0.717) is 5.92 Å². The maximum atomic E-state index is 11.5. The summed E-state index contributed by atoms with van der Waals surface area (Å²) in [4.78, 5) is 22.7. The van der Waals surface area contributed by atoms with Crippen LogP contribution in [0.1, 0.15) is 34.6 Å². The van der Waals surface area contributed by atoms with E-state index in [9.17, 15) is 9.59 Å². The SMILES string of the molecule is CC(C)NC(=O)CNCC(=O)NC(C)C(C)C. The summed E-state index contributed by atoms with van der Waals surface area (Å²) in [5, 5.41) is 8.41. The zero-order chi connectivity index (χ0) is 13.4. The van der Waals surface area contributed by atoms with Crippen LogP contribution in [-0.2, 0) is 9.59 Å². The van der Waals surface area contributed by atoms with Crippen molar-refractivity contribution in [3.8, 4) is 0 Å². The predicted molar refractivity (Wildman–Crippen MR) is 68.6 cm³/mol. The number of carbonyl (C=O) groups is 2. The third kappa shape index (κ3) is 8.68. The molecule has 5 nitrogen and oxygen atoms in total. The zero-order valence-corrected chi connectivity index (χ0v) is 11.5. The number of rotatable bonds is 7. The summed E-state index contributed by atoms with van der Waals surface area (Å²) in [7, 11) is 0. The Morgan fingerprint density at radius 3 is 1.76 bits per heavy atom. The normalized spacial score (nSPS) is 12.6. The topological polar surface area (TPSA) is 70.2 Å². The molecule has 0 aliphatic rings. The van der Waals surface area contributed by atoms with Gasteiger partial charge in [0.15, 0.2) is 0 Å². The maximum Gasteiger partial charge on any atom is 0.234 e. The summed E-state index contributed by atoms with van der Waals surface area (Å²) in [6, 6.07) is 0.271. The van der Waals surface area contributed by atoms with Crippen molar-refractivity contribution in [3.63, 3.8) is 0 Å². The first kappa shape index (κ1) is 15.9. The van der Waals surface area contributed by atoms with Crippen molar-refractivity contribution in [1.82, 2.24) is 16.0 Å². The molecular formula is C12H25N3O2. The van der Waals surface area contributed by atoms with Gasteiger partial charge in [-0.1, -0.05) is 13.8 Å². The molecule has 0 aliphatic heterocycles. The summed E-state index contributed by atoms with van der Waals surface area (Å²) in [6.45, 7) is 10.2. The fourth-order valence-corrected chi connectivity index (χ4v) is 1.13. The Labute approximate surface area is 104 Å². The molecule has 3 N–H and O–H groups in total. The van der Waals surface area contributed by atoms with Crippen LogP contribution in [0.15, 0.2) is 0 Å². The Balaban J connectivity index is 3.68. The zero-order valence-electron chi connectivity index (χ0n) is 11.5. The van der Waals surface area contributed by atoms with E-state index in [4.69, 9.17) is 0 Å². The van der Waals surface area contributed by atoms with Crippen LogP contribution in [0.5, 0.6) is 0 Å². The second-order valence-electron chi connectivity index (χ2n) is 4.93. The molecule has 0 aromatic rings. The number of nitrogens with one attached hydrogen (secondary N) is 3. The Bertz CT molecular complexity index is 252. The van der Waals surface area contributed by atoms with Gasteiger partial charge in [-0.25, -0.2) is 0 Å². The van der Waals surface area contributed by atoms with Crippen LogP contribution in [0.25, 0.3) is 0 Å². The molecule has 1 unspecified atom stereocenters. The van der Waals surface area contributed by atoms with Crippen LogP contribution in [0.2, 0.25) is 0 Å². The molecule has 0 fully saturated rings. The molecule has 0 aromatic carbocycles. The largest absolute Gasteiger partial charge is 0.353 e. The Kier molecular flexibility index (Phi) is 7.54. The molecule has 0 rings (SSSR count). The van der Waals surface area contributed by atoms with E-state index in [2.05, 4.69) is 29.8 Å². The molecular weight excluding hydrogens is 218 g/mol. The molecule has 0 saturated heterocycles. The molecule has 5 heteroatoms. The van der Waals surface area contributed by atoms with Crippen LogP contribution in [-0.4, -0.2) is 37.0 Å². The molecule has 0 radical (unpaired) electrons. The average Bonchev–Trinajstić information content (AvgIpc) is 2.15. The molecule has 1 atom stereocenters. The first-order chi connectivity index (χ1) is 7.82. The van der Waals surface area contributed by atoms with Crippen molar-refractivity contribution in [3.05, 3.63) is 0 Å². The molecule has 0 heterocycles. The average molecular weight is 243 g/mol. The first-order valence-corrected chi connectivity index (χ1v) is 6.12. The van der Waals surface area contributed by atoms with E-state index >= 15 is 0 Å². The monoisotopic (exact) mass is 243 g/mol. The summed E-state index contributed by atoms with van der Waals surface area (Å²) >= 11 is 0.